The van der Waals surface area contributed by atoms with Gasteiger partial charge in [-0.1, -0.05) is 437 Å². The molecule has 0 saturated carbocycles. The molecule has 13 rings (SSSR count). The molecule has 0 unspecified atom stereocenters. The molecular weight excluding hydrogens is 1640 g/mol. The van der Waals surface area contributed by atoms with Crippen molar-refractivity contribution in [1.29, 1.82) is 0 Å². The smallest absolute Gasteiger partial charge is 0.0776 e. The zero-order valence-corrected chi connectivity index (χ0v) is 92.7. The van der Waals surface area contributed by atoms with E-state index in [4.69, 9.17) is 0 Å². The number of rotatable bonds is 23. The lowest BCUT2D eigenvalue weighted by Crippen LogP contribution is -2.45. The van der Waals surface area contributed by atoms with E-state index in [9.17, 15) is 0 Å². The summed E-state index contributed by atoms with van der Waals surface area (Å²) in [7, 11) is -22.5. The van der Waals surface area contributed by atoms with Crippen molar-refractivity contribution in [3.63, 3.8) is 0 Å². The van der Waals surface area contributed by atoms with Gasteiger partial charge in [0.05, 0.1) is 108 Å². The molecule has 0 N–H and O–H groups in total. The molecule has 2 nitrogen and oxygen atoms in total. The number of anilines is 6. The van der Waals surface area contributed by atoms with E-state index in [0.717, 1.165) is 0 Å². The number of nitrogens with zero attached hydrogens (tertiary/aromatic N) is 2. The van der Waals surface area contributed by atoms with Gasteiger partial charge in [0.25, 0.3) is 0 Å². The van der Waals surface area contributed by atoms with Crippen LogP contribution in [0.3, 0.4) is 0 Å². The van der Waals surface area contributed by atoms with Crippen LogP contribution in [0.1, 0.15) is 0 Å². The summed E-state index contributed by atoms with van der Waals surface area (Å²) in [6, 6.07) is 92.1. The average molecular weight is 1780 g/mol. The van der Waals surface area contributed by atoms with Gasteiger partial charge in [-0.05, 0) is 151 Å². The van der Waals surface area contributed by atoms with Crippen LogP contribution in [0.25, 0.3) is 88.0 Å². The highest BCUT2D eigenvalue weighted by Crippen LogP contribution is 2.52. The van der Waals surface area contributed by atoms with Gasteiger partial charge in [0, 0.05) is 38.9 Å². The maximum absolute atomic E-state index is 2.78. The topological polar surface area (TPSA) is 6.48 Å². The fourth-order valence-corrected chi connectivity index (χ4v) is 31.9. The van der Waals surface area contributed by atoms with E-state index < -0.39 is 96.9 Å². The third-order valence-electron chi connectivity index (χ3n) is 25.5. The molecule has 120 heavy (non-hydrogen) atoms. The first kappa shape index (κ1) is 90.8. The minimum Gasteiger partial charge on any atom is -0.310 e. The van der Waals surface area contributed by atoms with Gasteiger partial charge in [-0.3, -0.25) is 0 Å². The fourth-order valence-electron chi connectivity index (χ4n) is 17.0. The Bertz CT molecular complexity index is 5730. The Labute approximate surface area is 738 Å². The second kappa shape index (κ2) is 31.6. The number of hydrogen-bond donors (Lipinski definition) is 0. The molecule has 0 aromatic heterocycles. The van der Waals surface area contributed by atoms with E-state index in [1.54, 1.807) is 0 Å². The molecule has 0 amide bonds. The molecule has 0 aliphatic heterocycles. The summed E-state index contributed by atoms with van der Waals surface area (Å²) in [5.41, 5.74) is 20.2. The van der Waals surface area contributed by atoms with Gasteiger partial charge < -0.3 is 9.80 Å². The molecule has 13 aromatic carbocycles. The molecule has 0 atom stereocenters. The van der Waals surface area contributed by atoms with Crippen LogP contribution in [0, 0.1) is 0 Å². The predicted molar refractivity (Wildman–Crippen MR) is 582 cm³/mol. The highest BCUT2D eigenvalue weighted by atomic mass is 28.3. The molecule has 14 heteroatoms. The summed E-state index contributed by atoms with van der Waals surface area (Å²) in [5.74, 6) is 0. The maximum atomic E-state index is 2.78. The Morgan fingerprint density at radius 1 is 0.158 bits per heavy atom. The van der Waals surface area contributed by atoms with E-state index in [2.05, 4.69) is 464 Å². The maximum Gasteiger partial charge on any atom is 0.0776 e. The van der Waals surface area contributed by atoms with Gasteiger partial charge in [0.1, 0.15) is 0 Å². The molecule has 0 radical (unpaired) electrons. The molecule has 13 aromatic rings. The third kappa shape index (κ3) is 19.3. The van der Waals surface area contributed by atoms with Gasteiger partial charge in [-0.15, -0.1) is 0 Å². The van der Waals surface area contributed by atoms with Crippen LogP contribution < -0.4 is 72.0 Å². The van der Waals surface area contributed by atoms with Crippen molar-refractivity contribution in [2.45, 2.75) is 236 Å². The van der Waals surface area contributed by atoms with Gasteiger partial charge in [-0.25, -0.2) is 0 Å². The van der Waals surface area contributed by atoms with Crippen LogP contribution in [0.2, 0.25) is 236 Å². The largest absolute Gasteiger partial charge is 0.310 e. The SMILES string of the molecule is C[Si](C)(C)c1cc(-c2cc(-c3cc([Si](C)(C)C)cc([Si](C)(C)C)c3)cc(N(c3cc([Si](C)(C)C)cc([Si](C)(C)C)c3)c3ccc4ccc5c(N(c6cc(-c7cc([Si](C)(C)C)cc([Si](C)(C)C)c7)cc(-c7cc([Si](C)(C)C)cc([Si](C)(C)C)c7)c6)c6cc([Si](C)(C)C)cc([Si](C)(C)C)c6)ccc6c(-c7ccccc7)cc3c4c65)c2)cc([Si](C)(C)C)c1. The molecule has 0 heterocycles. The monoisotopic (exact) mass is 1780 g/mol. The van der Waals surface area contributed by atoms with Gasteiger partial charge in [0.2, 0.25) is 0 Å². The Morgan fingerprint density at radius 2 is 0.375 bits per heavy atom. The Kier molecular flexibility index (Phi) is 24.0. The first-order valence-electron chi connectivity index (χ1n) is 44.7. The van der Waals surface area contributed by atoms with Crippen LogP contribution in [-0.4, -0.2) is 96.9 Å². The summed E-state index contributed by atoms with van der Waals surface area (Å²) in [4.78, 5) is 5.55. The zero-order chi connectivity index (χ0) is 88.2. The standard InChI is InChI=1S/C106H144N2Si12/c1-109(2,3)87-54-79(55-88(66-87)110(4,5)6)75-48-76(80-56-89(111(7,8)9)67-90(57-80)112(10,11)12)51-83(50-75)107(85-62-95(117(25,26)27)70-96(63-85)118(28,29)30)103-47-45-99-101(73-40-38-37-39-41-73)72-102-104(46-43-74-42-44-100(103)106(99)105(74)102)108(86-64-97(119(31,32)33)71-98(65-86)120(34,35)36)84-52-77(81-58-91(113(13,14)15)68-92(59-81)114(16,17)18)49-78(53-84)82-60-93(115(19,20)21)69-94(61-82)116(22,23)24/h37-72H,1-36H3. The molecule has 0 fully saturated rings. The molecule has 626 valence electrons. The number of benzene rings is 13. The summed E-state index contributed by atoms with van der Waals surface area (Å²) < 4.78 is 0. The highest BCUT2D eigenvalue weighted by Gasteiger charge is 2.35. The van der Waals surface area contributed by atoms with Crippen LogP contribution in [0.15, 0.2) is 218 Å². The van der Waals surface area contributed by atoms with Crippen molar-refractivity contribution in [2.24, 2.45) is 0 Å². The second-order valence-electron chi connectivity index (χ2n) is 48.1. The lowest BCUT2D eigenvalue weighted by atomic mass is 9.87. The van der Waals surface area contributed by atoms with Gasteiger partial charge in [-0.2, -0.15) is 0 Å². The van der Waals surface area contributed by atoms with Crippen molar-refractivity contribution in [2.75, 3.05) is 9.80 Å². The minimum absolute atomic E-state index is 1.19. The lowest BCUT2D eigenvalue weighted by Gasteiger charge is -2.33. The molecule has 0 aliphatic carbocycles. The van der Waals surface area contributed by atoms with Crippen molar-refractivity contribution in [1.82, 2.24) is 0 Å². The van der Waals surface area contributed by atoms with E-state index in [1.807, 2.05) is 0 Å². The van der Waals surface area contributed by atoms with E-state index in [-0.39, 0.29) is 0 Å². The van der Waals surface area contributed by atoms with Gasteiger partial charge in [0.15, 0.2) is 0 Å². The van der Waals surface area contributed by atoms with Crippen molar-refractivity contribution < 1.29 is 0 Å². The molecule has 0 aliphatic rings. The van der Waals surface area contributed by atoms with Crippen LogP contribution in [0.4, 0.5) is 34.1 Å². The van der Waals surface area contributed by atoms with Crippen LogP contribution in [0.5, 0.6) is 0 Å². The van der Waals surface area contributed by atoms with Crippen molar-refractivity contribution in [3.05, 3.63) is 218 Å². The Balaban J connectivity index is 1.23. The molecule has 0 bridgehead atoms. The normalized spacial score (nSPS) is 13.5. The van der Waals surface area contributed by atoms with Crippen LogP contribution in [-0.2, 0) is 0 Å². The first-order valence-corrected chi connectivity index (χ1v) is 86.7. The quantitative estimate of drug-likeness (QED) is 0.0465. The summed E-state index contributed by atoms with van der Waals surface area (Å²) >= 11 is 0. The molecular formula is C106H144N2Si12. The third-order valence-corrected chi connectivity index (χ3v) is 49.7. The predicted octanol–water partition coefficient (Wildman–Crippen LogP) is 26.4. The van der Waals surface area contributed by atoms with Crippen molar-refractivity contribution >= 4 is 226 Å². The fraction of sp³-hybridized carbons (Fsp3) is 0.340. The highest BCUT2D eigenvalue weighted by molar-refractivity contribution is 6.96. The average Bonchev–Trinajstić information content (AvgIpc) is 0.706. The van der Waals surface area contributed by atoms with E-state index >= 15 is 0 Å². The Morgan fingerprint density at radius 3 is 0.642 bits per heavy atom. The zero-order valence-electron chi connectivity index (χ0n) is 80.7. The summed E-state index contributed by atoms with van der Waals surface area (Å²) in [6.07, 6.45) is 0. The van der Waals surface area contributed by atoms with E-state index in [0.29, 0.717) is 0 Å². The van der Waals surface area contributed by atoms with E-state index in [1.165, 1.54) is 184 Å². The summed E-state index contributed by atoms with van der Waals surface area (Å²) in [6.45, 7) is 91.8. The Hall–Kier alpha value is -6.90. The van der Waals surface area contributed by atoms with Gasteiger partial charge >= 0.3 is 0 Å². The minimum atomic E-state index is -1.98. The molecule has 0 spiro atoms. The lowest BCUT2D eigenvalue weighted by molar-refractivity contribution is 1.30. The number of hydrogen-bond acceptors (Lipinski definition) is 2. The molecule has 0 saturated heterocycles. The second-order valence-corrected chi connectivity index (χ2v) is 109. The first-order chi connectivity index (χ1) is 55.0. The summed E-state index contributed by atoms with van der Waals surface area (Å²) in [5, 5.41) is 25.9. The van der Waals surface area contributed by atoms with Crippen LogP contribution >= 0.6 is 0 Å². The van der Waals surface area contributed by atoms with Crippen molar-refractivity contribution in [3.8, 4) is 55.6 Å².